The summed E-state index contributed by atoms with van der Waals surface area (Å²) in [7, 11) is -3.52. The summed E-state index contributed by atoms with van der Waals surface area (Å²) < 4.78 is 23.9. The average Bonchev–Trinajstić information content (AvgIpc) is 2.99. The van der Waals surface area contributed by atoms with Gasteiger partial charge in [0.25, 0.3) is 0 Å². The minimum Gasteiger partial charge on any atom is -0.480 e. The normalized spacial score (nSPS) is 30.1. The lowest BCUT2D eigenvalue weighted by atomic mass is 10.1. The molecule has 5 nitrogen and oxygen atoms in total. The average molecular weight is 304 g/mol. The Balaban J connectivity index is 2.45. The van der Waals surface area contributed by atoms with Crippen molar-refractivity contribution in [1.82, 2.24) is 0 Å². The molecule has 2 rings (SSSR count). The van der Waals surface area contributed by atoms with E-state index in [0.29, 0.717) is 10.6 Å². The van der Waals surface area contributed by atoms with Gasteiger partial charge < -0.3 is 10.8 Å². The van der Waals surface area contributed by atoms with Crippen LogP contribution in [0.15, 0.2) is 24.3 Å². The zero-order valence-corrected chi connectivity index (χ0v) is 11.8. The van der Waals surface area contributed by atoms with Crippen molar-refractivity contribution >= 4 is 27.4 Å². The molecule has 7 heteroatoms. The zero-order chi connectivity index (χ0) is 14.4. The van der Waals surface area contributed by atoms with Gasteiger partial charge in [0, 0.05) is 16.7 Å². The van der Waals surface area contributed by atoms with Gasteiger partial charge >= 0.3 is 5.97 Å². The molecule has 0 saturated heterocycles. The molecule has 0 amide bonds. The van der Waals surface area contributed by atoms with Crippen LogP contribution in [0.1, 0.15) is 18.4 Å². The molecule has 1 aromatic rings. The van der Waals surface area contributed by atoms with Crippen LogP contribution in [0.4, 0.5) is 0 Å². The molecule has 1 aliphatic carbocycles. The van der Waals surface area contributed by atoms with Crippen molar-refractivity contribution in [3.8, 4) is 0 Å². The first-order valence-corrected chi connectivity index (χ1v) is 7.83. The van der Waals surface area contributed by atoms with Crippen molar-refractivity contribution in [3.05, 3.63) is 34.9 Å². The number of hydrogen-bond donors (Lipinski definition) is 2. The Morgan fingerprint density at radius 3 is 2.37 bits per heavy atom. The molecule has 1 saturated carbocycles. The summed E-state index contributed by atoms with van der Waals surface area (Å²) in [6, 6.07) is 6.41. The summed E-state index contributed by atoms with van der Waals surface area (Å²) in [4.78, 5) is 11.3. The van der Waals surface area contributed by atoms with Gasteiger partial charge in [-0.3, -0.25) is 4.79 Å². The first kappa shape index (κ1) is 14.3. The second kappa shape index (κ2) is 4.47. The molecule has 0 heterocycles. The Bertz CT molecular complexity index is 613. The van der Waals surface area contributed by atoms with E-state index in [2.05, 4.69) is 0 Å². The van der Waals surface area contributed by atoms with Crippen LogP contribution in [0, 0.1) is 0 Å². The molecule has 0 spiro atoms. The van der Waals surface area contributed by atoms with Gasteiger partial charge in [-0.2, -0.15) is 0 Å². The molecule has 0 bridgehead atoms. The molecule has 104 valence electrons. The first-order valence-electron chi connectivity index (χ1n) is 5.74. The van der Waals surface area contributed by atoms with Crippen LogP contribution in [0.2, 0.25) is 5.02 Å². The van der Waals surface area contributed by atoms with Gasteiger partial charge in [0.15, 0.2) is 9.84 Å². The summed E-state index contributed by atoms with van der Waals surface area (Å²) in [5.74, 6) is -2.16. The van der Waals surface area contributed by atoms with Crippen LogP contribution >= 0.6 is 11.6 Å². The molecular formula is C12H14ClNO4S. The summed E-state index contributed by atoms with van der Waals surface area (Å²) in [5.41, 5.74) is 4.63. The van der Waals surface area contributed by atoms with E-state index in [-0.39, 0.29) is 5.75 Å². The summed E-state index contributed by atoms with van der Waals surface area (Å²) in [5, 5.41) is 8.63. The summed E-state index contributed by atoms with van der Waals surface area (Å²) >= 11 is 5.76. The molecule has 0 unspecified atom stereocenters. The molecule has 0 aromatic heterocycles. The highest BCUT2D eigenvalue weighted by molar-refractivity contribution is 7.92. The van der Waals surface area contributed by atoms with Crippen molar-refractivity contribution in [2.45, 2.75) is 23.6 Å². The van der Waals surface area contributed by atoms with Crippen molar-refractivity contribution in [3.63, 3.8) is 0 Å². The Hall–Kier alpha value is -1.11. The van der Waals surface area contributed by atoms with E-state index in [0.717, 1.165) is 0 Å². The van der Waals surface area contributed by atoms with Crippen LogP contribution in [-0.4, -0.2) is 36.0 Å². The monoisotopic (exact) mass is 303 g/mol. The molecule has 19 heavy (non-hydrogen) atoms. The molecule has 1 fully saturated rings. The number of carboxylic acids is 1. The largest absolute Gasteiger partial charge is 0.480 e. The van der Waals surface area contributed by atoms with Crippen LogP contribution in [-0.2, 0) is 14.6 Å². The molecule has 1 aliphatic rings. The molecule has 3 N–H and O–H groups in total. The lowest BCUT2D eigenvalue weighted by Gasteiger charge is -2.05. The fraction of sp³-hybridized carbons (Fsp3) is 0.417. The predicted molar refractivity (Wildman–Crippen MR) is 72.0 cm³/mol. The summed E-state index contributed by atoms with van der Waals surface area (Å²) in [6.45, 7) is 1.48. The second-order valence-electron chi connectivity index (χ2n) is 4.64. The zero-order valence-electron chi connectivity index (χ0n) is 10.2. The molecule has 0 aliphatic heterocycles. The van der Waals surface area contributed by atoms with Gasteiger partial charge in [-0.1, -0.05) is 30.7 Å². The Labute approximate surface area is 116 Å². The van der Waals surface area contributed by atoms with Crippen molar-refractivity contribution in [2.24, 2.45) is 5.73 Å². The number of carboxylic acid groups (broad SMARTS) is 1. The molecule has 1 aromatic carbocycles. The summed E-state index contributed by atoms with van der Waals surface area (Å²) in [6.07, 6.45) is 0. The van der Waals surface area contributed by atoms with Gasteiger partial charge in [-0.05, 0) is 17.7 Å². The second-order valence-corrected chi connectivity index (χ2v) is 7.49. The highest BCUT2D eigenvalue weighted by Gasteiger charge is 2.73. The maximum absolute atomic E-state index is 12.0. The smallest absolute Gasteiger partial charge is 0.325 e. The van der Waals surface area contributed by atoms with E-state index in [1.165, 1.54) is 6.92 Å². The van der Waals surface area contributed by atoms with Crippen molar-refractivity contribution < 1.29 is 18.3 Å². The fourth-order valence-corrected chi connectivity index (χ4v) is 4.48. The third kappa shape index (κ3) is 2.13. The van der Waals surface area contributed by atoms with Gasteiger partial charge in [-0.25, -0.2) is 8.42 Å². The van der Waals surface area contributed by atoms with Crippen LogP contribution in [0.25, 0.3) is 0 Å². The van der Waals surface area contributed by atoms with Crippen molar-refractivity contribution in [1.29, 1.82) is 0 Å². The standard InChI is InChI=1S/C12H14ClNO4S/c1-2-19(17,18)10-9(12(10,14)11(15)16)7-3-5-8(13)6-4-7/h3-6,9-10H,2,14H2,1H3,(H,15,16)/t9-,10-,12-/m0/s1. The van der Waals surface area contributed by atoms with E-state index in [4.69, 9.17) is 17.3 Å². The van der Waals surface area contributed by atoms with Gasteiger partial charge in [0.05, 0.1) is 5.25 Å². The number of aliphatic carboxylic acids is 1. The molecular weight excluding hydrogens is 290 g/mol. The van der Waals surface area contributed by atoms with Crippen LogP contribution in [0.3, 0.4) is 0 Å². The van der Waals surface area contributed by atoms with Crippen LogP contribution in [0.5, 0.6) is 0 Å². The van der Waals surface area contributed by atoms with E-state index >= 15 is 0 Å². The highest BCUT2D eigenvalue weighted by Crippen LogP contribution is 2.54. The topological polar surface area (TPSA) is 97.5 Å². The molecule has 3 atom stereocenters. The lowest BCUT2D eigenvalue weighted by molar-refractivity contribution is -0.139. The van der Waals surface area contributed by atoms with Crippen LogP contribution < -0.4 is 5.73 Å². The van der Waals surface area contributed by atoms with E-state index in [1.54, 1.807) is 24.3 Å². The lowest BCUT2D eigenvalue weighted by Crippen LogP contribution is -2.40. The quantitative estimate of drug-likeness (QED) is 0.865. The first-order chi connectivity index (χ1) is 8.75. The number of benzene rings is 1. The number of halogens is 1. The van der Waals surface area contributed by atoms with Gasteiger partial charge in [0.2, 0.25) is 0 Å². The van der Waals surface area contributed by atoms with Gasteiger partial charge in [0.1, 0.15) is 5.54 Å². The van der Waals surface area contributed by atoms with Crippen molar-refractivity contribution in [2.75, 3.05) is 5.75 Å². The predicted octanol–water partition coefficient (Wildman–Crippen LogP) is 1.02. The fourth-order valence-electron chi connectivity index (χ4n) is 2.43. The third-order valence-electron chi connectivity index (χ3n) is 3.57. The Morgan fingerprint density at radius 2 is 1.95 bits per heavy atom. The number of rotatable bonds is 4. The number of hydrogen-bond acceptors (Lipinski definition) is 4. The maximum atomic E-state index is 12.0. The number of nitrogens with two attached hydrogens (primary N) is 1. The van der Waals surface area contributed by atoms with E-state index in [9.17, 15) is 18.3 Å². The third-order valence-corrected chi connectivity index (χ3v) is 6.06. The maximum Gasteiger partial charge on any atom is 0.325 e. The number of sulfone groups is 1. The van der Waals surface area contributed by atoms with E-state index in [1.807, 2.05) is 0 Å². The van der Waals surface area contributed by atoms with E-state index < -0.39 is 32.5 Å². The van der Waals surface area contributed by atoms with Gasteiger partial charge in [-0.15, -0.1) is 0 Å². The Kier molecular flexibility index (Phi) is 3.36. The number of carbonyl (C=O) groups is 1. The molecule has 0 radical (unpaired) electrons. The minimum atomic E-state index is -3.52. The minimum absolute atomic E-state index is 0.131. The SMILES string of the molecule is CCS(=O)(=O)[C@H]1[C@H](c2ccc(Cl)cc2)[C@@]1(N)C(=O)O. The Morgan fingerprint density at radius 1 is 1.42 bits per heavy atom. The highest BCUT2D eigenvalue weighted by atomic mass is 35.5.